The topological polar surface area (TPSA) is 17.1 Å². The largest absolute Gasteiger partial charge is 0.289 e. The van der Waals surface area contributed by atoms with Gasteiger partial charge in [0.2, 0.25) is 0 Å². The maximum Gasteiger partial charge on any atom is 0.193 e. The van der Waals surface area contributed by atoms with Crippen molar-refractivity contribution in [3.8, 4) is 0 Å². The van der Waals surface area contributed by atoms with Crippen molar-refractivity contribution in [1.82, 2.24) is 0 Å². The van der Waals surface area contributed by atoms with Crippen molar-refractivity contribution in [3.63, 3.8) is 0 Å². The Morgan fingerprint density at radius 2 is 1.08 bits per heavy atom. The Balaban J connectivity index is 1.38. The van der Waals surface area contributed by atoms with E-state index in [1.165, 1.54) is 42.1 Å². The normalized spacial score (nSPS) is 11.1. The summed E-state index contributed by atoms with van der Waals surface area (Å²) in [5.74, 6) is -1.33. The Hall–Kier alpha value is -3.74. The second-order valence-corrected chi connectivity index (χ2v) is 11.8. The zero-order chi connectivity index (χ0) is 26.6. The van der Waals surface area contributed by atoms with Gasteiger partial charge in [-0.2, -0.15) is 0 Å². The van der Waals surface area contributed by atoms with Gasteiger partial charge in [0.15, 0.2) is 20.5 Å². The lowest BCUT2D eigenvalue weighted by Gasteiger charge is -2.10. The Labute approximate surface area is 226 Å². The van der Waals surface area contributed by atoms with E-state index in [-0.39, 0.29) is 17.4 Å². The molecule has 1 nitrogen and oxygen atoms in total. The van der Waals surface area contributed by atoms with Gasteiger partial charge in [-0.25, -0.2) is 13.2 Å². The number of halogens is 3. The maximum atomic E-state index is 15.0. The Bertz CT molecular complexity index is 1520. The summed E-state index contributed by atoms with van der Waals surface area (Å²) in [6.07, 6.45) is 0. The van der Waals surface area contributed by atoms with E-state index in [9.17, 15) is 18.0 Å². The fraction of sp³-hybridized carbons (Fsp3) is 0.0312. The molecule has 5 aromatic carbocycles. The van der Waals surface area contributed by atoms with Gasteiger partial charge in [-0.3, -0.25) is 4.79 Å². The number of ketones is 1. The quantitative estimate of drug-likeness (QED) is 0.151. The summed E-state index contributed by atoms with van der Waals surface area (Å²) >= 11 is 1.27. The van der Waals surface area contributed by atoms with Crippen LogP contribution in [0.25, 0.3) is 0 Å². The number of benzene rings is 5. The van der Waals surface area contributed by atoms with Crippen LogP contribution in [0.4, 0.5) is 13.2 Å². The molecule has 0 fully saturated rings. The van der Waals surface area contributed by atoms with Gasteiger partial charge >= 0.3 is 0 Å². The molecular weight excluding hydrogens is 521 g/mol. The minimum atomic E-state index is -0.573. The van der Waals surface area contributed by atoms with Crippen molar-refractivity contribution in [2.45, 2.75) is 31.4 Å². The van der Waals surface area contributed by atoms with Crippen LogP contribution in [0, 0.1) is 24.4 Å². The number of carbonyl (C=O) groups is 1. The first-order valence-corrected chi connectivity index (χ1v) is 13.9. The first kappa shape index (κ1) is 25.9. The molecule has 0 unspecified atom stereocenters. The third kappa shape index (κ3) is 5.87. The van der Waals surface area contributed by atoms with Crippen LogP contribution in [0.5, 0.6) is 0 Å². The number of rotatable bonds is 7. The Morgan fingerprint density at radius 1 is 0.605 bits per heavy atom. The lowest BCUT2D eigenvalue weighted by Crippen LogP contribution is -2.05. The molecule has 0 heterocycles. The van der Waals surface area contributed by atoms with E-state index in [1.54, 1.807) is 48.5 Å². The second kappa shape index (κ2) is 11.3. The molecule has 6 heteroatoms. The van der Waals surface area contributed by atoms with Crippen LogP contribution in [-0.4, -0.2) is 5.78 Å². The van der Waals surface area contributed by atoms with Crippen molar-refractivity contribution in [2.24, 2.45) is 0 Å². The lowest BCUT2D eigenvalue weighted by molar-refractivity contribution is 0.103. The molecular formula is C32H22F3OS2+. The highest BCUT2D eigenvalue weighted by Crippen LogP contribution is 2.35. The van der Waals surface area contributed by atoms with Crippen molar-refractivity contribution in [3.05, 3.63) is 149 Å². The van der Waals surface area contributed by atoms with E-state index in [2.05, 4.69) is 0 Å². The standard InChI is InChI=1S/C32H22F3OS2/c1-21-2-4-22(5-3-21)32(36)23-6-19-31(30(35)20-23)37-26-11-17-29(18-12-26)38(27-13-7-24(33)8-14-27)28-15-9-25(34)10-16-28/h2-20H,1H3/q+1. The summed E-state index contributed by atoms with van der Waals surface area (Å²) in [5, 5.41) is 0. The fourth-order valence-electron chi connectivity index (χ4n) is 3.92. The van der Waals surface area contributed by atoms with Crippen molar-refractivity contribution < 1.29 is 18.0 Å². The molecule has 0 bridgehead atoms. The van der Waals surface area contributed by atoms with Crippen LogP contribution < -0.4 is 0 Å². The van der Waals surface area contributed by atoms with E-state index in [0.29, 0.717) is 16.0 Å². The van der Waals surface area contributed by atoms with Crippen LogP contribution in [0.1, 0.15) is 21.5 Å². The Kier molecular flexibility index (Phi) is 7.72. The van der Waals surface area contributed by atoms with Gasteiger partial charge in [-0.05, 0) is 97.9 Å². The zero-order valence-electron chi connectivity index (χ0n) is 20.3. The lowest BCUT2D eigenvalue weighted by atomic mass is 10.0. The SMILES string of the molecule is Cc1ccc(C(=O)c2ccc(Sc3ccc([S+](c4ccc(F)cc4)c4ccc(F)cc4)cc3)c(F)c2)cc1. The van der Waals surface area contributed by atoms with E-state index in [4.69, 9.17) is 0 Å². The Morgan fingerprint density at radius 3 is 1.58 bits per heavy atom. The third-order valence-electron chi connectivity index (χ3n) is 5.89. The molecule has 0 radical (unpaired) electrons. The van der Waals surface area contributed by atoms with Gasteiger partial charge in [0, 0.05) is 20.9 Å². The molecule has 0 aliphatic carbocycles. The van der Waals surface area contributed by atoms with Crippen molar-refractivity contribution in [1.29, 1.82) is 0 Å². The zero-order valence-corrected chi connectivity index (χ0v) is 22.0. The summed E-state index contributed by atoms with van der Waals surface area (Å²) < 4.78 is 42.1. The van der Waals surface area contributed by atoms with Crippen LogP contribution in [-0.2, 0) is 10.9 Å². The number of hydrogen-bond donors (Lipinski definition) is 0. The average molecular weight is 544 g/mol. The minimum Gasteiger partial charge on any atom is -0.289 e. The smallest absolute Gasteiger partial charge is 0.193 e. The molecule has 0 saturated heterocycles. The average Bonchev–Trinajstić information content (AvgIpc) is 2.93. The van der Waals surface area contributed by atoms with E-state index < -0.39 is 16.7 Å². The highest BCUT2D eigenvalue weighted by molar-refractivity contribution is 7.99. The van der Waals surface area contributed by atoms with Gasteiger partial charge < -0.3 is 0 Å². The predicted molar refractivity (Wildman–Crippen MR) is 147 cm³/mol. The van der Waals surface area contributed by atoms with Gasteiger partial charge in [0.05, 0.1) is 10.9 Å². The van der Waals surface area contributed by atoms with Gasteiger partial charge in [0.1, 0.15) is 17.5 Å². The number of carbonyl (C=O) groups excluding carboxylic acids is 1. The summed E-state index contributed by atoms with van der Waals surface area (Å²) in [4.78, 5) is 16.7. The fourth-order valence-corrected chi connectivity index (χ4v) is 6.78. The summed E-state index contributed by atoms with van der Waals surface area (Å²) in [6.45, 7) is 1.94. The van der Waals surface area contributed by atoms with Crippen molar-refractivity contribution in [2.75, 3.05) is 0 Å². The van der Waals surface area contributed by atoms with Gasteiger partial charge in [-0.1, -0.05) is 41.6 Å². The van der Waals surface area contributed by atoms with Gasteiger partial charge in [-0.15, -0.1) is 0 Å². The molecule has 0 atom stereocenters. The third-order valence-corrected chi connectivity index (χ3v) is 9.18. The molecule has 0 aromatic heterocycles. The molecule has 0 amide bonds. The molecule has 38 heavy (non-hydrogen) atoms. The molecule has 188 valence electrons. The molecule has 0 aliphatic heterocycles. The summed E-state index contributed by atoms with van der Waals surface area (Å²) in [6, 6.07) is 32.0. The van der Waals surface area contributed by atoms with Crippen LogP contribution in [0.2, 0.25) is 0 Å². The molecule has 5 rings (SSSR count). The van der Waals surface area contributed by atoms with Crippen LogP contribution in [0.3, 0.4) is 0 Å². The molecule has 0 spiro atoms. The predicted octanol–water partition coefficient (Wildman–Crippen LogP) is 8.89. The molecule has 0 N–H and O–H groups in total. The number of hydrogen-bond acceptors (Lipinski definition) is 2. The van der Waals surface area contributed by atoms with Crippen LogP contribution in [0.15, 0.2) is 140 Å². The molecule has 5 aromatic rings. The molecule has 0 saturated carbocycles. The highest BCUT2D eigenvalue weighted by Gasteiger charge is 2.29. The number of aryl methyl sites for hydroxylation is 1. The van der Waals surface area contributed by atoms with Crippen LogP contribution >= 0.6 is 11.8 Å². The first-order chi connectivity index (χ1) is 18.4. The van der Waals surface area contributed by atoms with Gasteiger partial charge in [0.25, 0.3) is 0 Å². The van der Waals surface area contributed by atoms with E-state index in [0.717, 1.165) is 25.1 Å². The van der Waals surface area contributed by atoms with E-state index in [1.807, 2.05) is 43.3 Å². The summed E-state index contributed by atoms with van der Waals surface area (Å²) in [7, 11) is -0.573. The molecule has 0 aliphatic rings. The second-order valence-electron chi connectivity index (χ2n) is 8.63. The maximum absolute atomic E-state index is 15.0. The first-order valence-electron chi connectivity index (χ1n) is 11.8. The van der Waals surface area contributed by atoms with E-state index >= 15 is 0 Å². The summed E-state index contributed by atoms with van der Waals surface area (Å²) in [5.41, 5.74) is 1.87. The monoisotopic (exact) mass is 543 g/mol. The van der Waals surface area contributed by atoms with Crippen molar-refractivity contribution >= 4 is 28.4 Å². The minimum absolute atomic E-state index is 0.224. The highest BCUT2D eigenvalue weighted by atomic mass is 32.2.